The molecule has 26 heavy (non-hydrogen) atoms. The Morgan fingerprint density at radius 3 is 2.58 bits per heavy atom. The number of methoxy groups -OCH3 is 1. The lowest BCUT2D eigenvalue weighted by Crippen LogP contribution is -2.13. The van der Waals surface area contributed by atoms with Gasteiger partial charge in [0.05, 0.1) is 18.1 Å². The van der Waals surface area contributed by atoms with Gasteiger partial charge in [0.1, 0.15) is 17.6 Å². The molecule has 0 unspecified atom stereocenters. The summed E-state index contributed by atoms with van der Waals surface area (Å²) in [6, 6.07) is 10.4. The van der Waals surface area contributed by atoms with Crippen molar-refractivity contribution in [2.24, 2.45) is 0 Å². The van der Waals surface area contributed by atoms with Crippen molar-refractivity contribution in [2.45, 2.75) is 13.3 Å². The molecule has 0 fully saturated rings. The average Bonchev–Trinajstić information content (AvgIpc) is 2.66. The molecule has 0 saturated heterocycles. The van der Waals surface area contributed by atoms with Crippen LogP contribution in [0.2, 0.25) is 5.02 Å². The second-order valence-corrected chi connectivity index (χ2v) is 6.10. The van der Waals surface area contributed by atoms with Crippen molar-refractivity contribution in [3.8, 4) is 16.9 Å². The highest BCUT2D eigenvalue weighted by molar-refractivity contribution is 6.30. The fourth-order valence-corrected chi connectivity index (χ4v) is 2.76. The van der Waals surface area contributed by atoms with Gasteiger partial charge >= 0.3 is 5.97 Å². The van der Waals surface area contributed by atoms with Crippen molar-refractivity contribution >= 4 is 28.5 Å². The first-order valence-electron chi connectivity index (χ1n) is 8.07. The number of carbonyl (C=O) groups is 1. The minimum atomic E-state index is -0.480. The van der Waals surface area contributed by atoms with Crippen molar-refractivity contribution in [1.29, 1.82) is 0 Å². The molecule has 0 spiro atoms. The Labute approximate surface area is 155 Å². The number of rotatable bonds is 5. The highest BCUT2D eigenvalue weighted by atomic mass is 35.5. The van der Waals surface area contributed by atoms with E-state index in [0.29, 0.717) is 33.7 Å². The van der Waals surface area contributed by atoms with Crippen molar-refractivity contribution in [2.75, 3.05) is 13.7 Å². The first-order chi connectivity index (χ1) is 12.5. The summed E-state index contributed by atoms with van der Waals surface area (Å²) in [5, 5.41) is 1.05. The molecule has 0 atom stereocenters. The number of carbonyl (C=O) groups excluding carboxylic acids is 1. The van der Waals surface area contributed by atoms with E-state index in [1.165, 1.54) is 13.4 Å². The maximum absolute atomic E-state index is 12.9. The van der Waals surface area contributed by atoms with E-state index in [9.17, 15) is 9.59 Å². The summed E-state index contributed by atoms with van der Waals surface area (Å²) >= 11 is 5.91. The van der Waals surface area contributed by atoms with Gasteiger partial charge in [0.15, 0.2) is 6.61 Å². The molecule has 0 radical (unpaired) electrons. The number of halogens is 1. The number of ether oxygens (including phenoxy) is 2. The van der Waals surface area contributed by atoms with Gasteiger partial charge in [-0.1, -0.05) is 30.7 Å². The largest absolute Gasteiger partial charge is 0.481 e. The Bertz CT molecular complexity index is 1010. The molecule has 2 aromatic carbocycles. The molecule has 3 aromatic rings. The predicted octanol–water partition coefficient (Wildman–Crippen LogP) is 4.23. The zero-order valence-corrected chi connectivity index (χ0v) is 15.1. The standard InChI is InChI=1S/C20H17ClO5/c1-3-12-8-15-18(9-17(12)26-11-19(22)24-2)25-10-16(20(15)23)13-4-6-14(21)7-5-13/h4-10H,3,11H2,1-2H3. The van der Waals surface area contributed by atoms with Crippen LogP contribution in [-0.2, 0) is 16.0 Å². The monoisotopic (exact) mass is 372 g/mol. The van der Waals surface area contributed by atoms with E-state index >= 15 is 0 Å². The maximum Gasteiger partial charge on any atom is 0.343 e. The van der Waals surface area contributed by atoms with Crippen LogP contribution in [0.5, 0.6) is 5.75 Å². The molecule has 5 nitrogen and oxygen atoms in total. The van der Waals surface area contributed by atoms with E-state index in [-0.39, 0.29) is 12.0 Å². The van der Waals surface area contributed by atoms with Crippen LogP contribution in [0.15, 0.2) is 51.9 Å². The normalized spacial score (nSPS) is 10.7. The van der Waals surface area contributed by atoms with Gasteiger partial charge < -0.3 is 13.9 Å². The molecular weight excluding hydrogens is 356 g/mol. The molecule has 3 rings (SSSR count). The molecule has 0 aliphatic rings. The molecule has 0 N–H and O–H groups in total. The molecular formula is C20H17ClO5. The van der Waals surface area contributed by atoms with Crippen LogP contribution < -0.4 is 10.2 Å². The third kappa shape index (κ3) is 3.58. The Morgan fingerprint density at radius 2 is 1.92 bits per heavy atom. The van der Waals surface area contributed by atoms with Crippen LogP contribution in [0.3, 0.4) is 0 Å². The second kappa shape index (κ2) is 7.62. The first-order valence-corrected chi connectivity index (χ1v) is 8.45. The molecule has 0 aliphatic carbocycles. The van der Waals surface area contributed by atoms with E-state index in [4.69, 9.17) is 20.8 Å². The van der Waals surface area contributed by atoms with Crippen LogP contribution in [0.25, 0.3) is 22.1 Å². The Hall–Kier alpha value is -2.79. The summed E-state index contributed by atoms with van der Waals surface area (Å²) in [5.74, 6) is 0.0134. The van der Waals surface area contributed by atoms with E-state index in [2.05, 4.69) is 4.74 Å². The number of aryl methyl sites for hydroxylation is 1. The van der Waals surface area contributed by atoms with E-state index in [1.54, 1.807) is 36.4 Å². The number of esters is 1. The fourth-order valence-electron chi connectivity index (χ4n) is 2.64. The van der Waals surface area contributed by atoms with Crippen LogP contribution in [0.1, 0.15) is 12.5 Å². The summed E-state index contributed by atoms with van der Waals surface area (Å²) in [6.07, 6.45) is 2.06. The minimum absolute atomic E-state index is 0.136. The van der Waals surface area contributed by atoms with Gasteiger partial charge in [0.2, 0.25) is 5.43 Å². The molecule has 0 amide bonds. The molecule has 134 valence electrons. The Balaban J connectivity index is 2.07. The van der Waals surface area contributed by atoms with Crippen LogP contribution in [0, 0.1) is 0 Å². The Kier molecular flexibility index (Phi) is 5.28. The van der Waals surface area contributed by atoms with Crippen molar-refractivity contribution in [3.05, 3.63) is 63.5 Å². The van der Waals surface area contributed by atoms with Gasteiger partial charge in [0, 0.05) is 11.1 Å². The molecule has 1 aromatic heterocycles. The number of hydrogen-bond acceptors (Lipinski definition) is 5. The maximum atomic E-state index is 12.9. The summed E-state index contributed by atoms with van der Waals surface area (Å²) in [5.41, 5.74) is 2.25. The smallest absolute Gasteiger partial charge is 0.343 e. The van der Waals surface area contributed by atoms with Gasteiger partial charge in [-0.2, -0.15) is 0 Å². The highest BCUT2D eigenvalue weighted by Crippen LogP contribution is 2.28. The predicted molar refractivity (Wildman–Crippen MR) is 99.8 cm³/mol. The summed E-state index contributed by atoms with van der Waals surface area (Å²) in [6.45, 7) is 1.74. The lowest BCUT2D eigenvalue weighted by Gasteiger charge is -2.11. The van der Waals surface area contributed by atoms with Crippen LogP contribution in [0.4, 0.5) is 0 Å². The van der Waals surface area contributed by atoms with E-state index < -0.39 is 5.97 Å². The third-order valence-electron chi connectivity index (χ3n) is 4.07. The quantitative estimate of drug-likeness (QED) is 0.627. The Morgan fingerprint density at radius 1 is 1.19 bits per heavy atom. The number of benzene rings is 2. The minimum Gasteiger partial charge on any atom is -0.481 e. The van der Waals surface area contributed by atoms with Gasteiger partial charge in [-0.25, -0.2) is 4.79 Å². The van der Waals surface area contributed by atoms with Crippen molar-refractivity contribution in [3.63, 3.8) is 0 Å². The van der Waals surface area contributed by atoms with Crippen molar-refractivity contribution < 1.29 is 18.7 Å². The SMILES string of the molecule is CCc1cc2c(=O)c(-c3ccc(Cl)cc3)coc2cc1OCC(=O)OC. The van der Waals surface area contributed by atoms with Crippen LogP contribution in [-0.4, -0.2) is 19.7 Å². The van der Waals surface area contributed by atoms with Gasteiger partial charge in [-0.15, -0.1) is 0 Å². The van der Waals surface area contributed by atoms with E-state index in [1.807, 2.05) is 6.92 Å². The van der Waals surface area contributed by atoms with Gasteiger partial charge in [0.25, 0.3) is 0 Å². The summed E-state index contributed by atoms with van der Waals surface area (Å²) in [7, 11) is 1.30. The molecule has 1 heterocycles. The second-order valence-electron chi connectivity index (χ2n) is 5.66. The topological polar surface area (TPSA) is 65.7 Å². The van der Waals surface area contributed by atoms with Gasteiger partial charge in [-0.3, -0.25) is 4.79 Å². The number of fused-ring (bicyclic) bond motifs is 1. The van der Waals surface area contributed by atoms with Gasteiger partial charge in [-0.05, 0) is 35.7 Å². The molecule has 0 aliphatic heterocycles. The van der Waals surface area contributed by atoms with Crippen LogP contribution >= 0.6 is 11.6 Å². The highest BCUT2D eigenvalue weighted by Gasteiger charge is 2.14. The van der Waals surface area contributed by atoms with Crippen molar-refractivity contribution in [1.82, 2.24) is 0 Å². The molecule has 0 saturated carbocycles. The molecule has 0 bridgehead atoms. The summed E-state index contributed by atoms with van der Waals surface area (Å²) in [4.78, 5) is 24.2. The first kappa shape index (κ1) is 18.0. The summed E-state index contributed by atoms with van der Waals surface area (Å²) < 4.78 is 15.7. The number of hydrogen-bond donors (Lipinski definition) is 0. The van der Waals surface area contributed by atoms with E-state index in [0.717, 1.165) is 11.1 Å². The third-order valence-corrected chi connectivity index (χ3v) is 4.32. The zero-order chi connectivity index (χ0) is 18.7. The average molecular weight is 373 g/mol. The molecule has 6 heteroatoms. The fraction of sp³-hybridized carbons (Fsp3) is 0.200. The zero-order valence-electron chi connectivity index (χ0n) is 14.4. The lowest BCUT2D eigenvalue weighted by atomic mass is 10.0. The lowest BCUT2D eigenvalue weighted by molar-refractivity contribution is -0.142.